The quantitative estimate of drug-likeness (QED) is 0.108. The third kappa shape index (κ3) is 10.7. The monoisotopic (exact) mass is 1120 g/mol. The number of hydrogen-bond donors (Lipinski definition) is 5. The van der Waals surface area contributed by atoms with Crippen molar-refractivity contribution in [2.45, 2.75) is 313 Å². The first kappa shape index (κ1) is 56.4. The van der Waals surface area contributed by atoms with E-state index < -0.39 is 96.6 Å². The molecule has 0 radical (unpaired) electrons. The van der Waals surface area contributed by atoms with Gasteiger partial charge in [-0.05, 0) is 93.6 Å². The van der Waals surface area contributed by atoms with Crippen molar-refractivity contribution < 1.29 is 96.6 Å². The summed E-state index contributed by atoms with van der Waals surface area (Å²) in [5, 5.41) is 54.2. The number of ether oxygens (including phenoxy) is 14. The minimum atomic E-state index is -2.03. The minimum absolute atomic E-state index is 0.00410. The van der Waals surface area contributed by atoms with Crippen molar-refractivity contribution in [3.63, 3.8) is 0 Å². The Morgan fingerprint density at radius 1 is 0.709 bits per heavy atom. The zero-order valence-corrected chi connectivity index (χ0v) is 46.3. The molecule has 0 saturated carbocycles. The molecule has 8 unspecified atom stereocenters. The van der Waals surface area contributed by atoms with Gasteiger partial charge in [-0.2, -0.15) is 0 Å². The lowest BCUT2D eigenvalue weighted by Crippen LogP contribution is -2.63. The number of carbonyl (C=O) groups is 1. The topological polar surface area (TPSA) is 247 Å². The summed E-state index contributed by atoms with van der Waals surface area (Å²) in [5.41, 5.74) is 2.21. The van der Waals surface area contributed by atoms with E-state index in [1.807, 2.05) is 0 Å². The average Bonchev–Trinajstić information content (AvgIpc) is 2.58. The highest BCUT2D eigenvalue weighted by Gasteiger charge is 2.79. The van der Waals surface area contributed by atoms with Crippen molar-refractivity contribution in [2.24, 2.45) is 11.8 Å². The number of hydrogen-bond acceptors (Lipinski definition) is 20. The summed E-state index contributed by atoms with van der Waals surface area (Å²) >= 11 is 0. The molecule has 444 valence electrons. The standard InChI is InChI=1S/C59H88O20/c1-6-40-31(5)28(2)17-33(67-40)9-11-41-29(3)18-36(68-41)13-16-58-56(64)59(65)55(79-58)54-53(78-59)52(77-58)51-42(74-54)12-10-35(72-51)23-49(63)70-38-22-45-44(66-27-38)24-47-46(73-45)21-37(69-47)20-43-39(62)14-15-57(75-43)25-30(4)50-48(76-57)19-34(71-50)8-7-32(61)26-60/h28,30,32-48,50-56,60-62,64-65H,3,5-27H2,1-2,4H3/t28-,30+,32-,33+,34?,35?,36?,37?,38-,39+,40?,41+,42+,43+,44+,45?,46?,47-,48+,50+,51+,52+,53+,54-,55-,56+,57-,58-,59?/m1/s1. The van der Waals surface area contributed by atoms with Gasteiger partial charge in [0.25, 0.3) is 0 Å². The van der Waals surface area contributed by atoms with Gasteiger partial charge in [0.05, 0.1) is 123 Å². The zero-order valence-electron chi connectivity index (χ0n) is 46.3. The predicted molar refractivity (Wildman–Crippen MR) is 275 cm³/mol. The van der Waals surface area contributed by atoms with Crippen LogP contribution in [0, 0.1) is 11.8 Å². The average molecular weight is 1120 g/mol. The molecule has 20 heteroatoms. The summed E-state index contributed by atoms with van der Waals surface area (Å²) in [6, 6.07) is 0. The van der Waals surface area contributed by atoms with E-state index in [9.17, 15) is 30.3 Å². The third-order valence-electron chi connectivity index (χ3n) is 20.7. The van der Waals surface area contributed by atoms with Gasteiger partial charge >= 0.3 is 5.97 Å². The Bertz CT molecular complexity index is 2220. The predicted octanol–water partition coefficient (Wildman–Crippen LogP) is 4.03. The SMILES string of the molecule is C=C1C(CC)O[C@@H](CC[C@@H]2OC(CC[C@@]34O[C@@H]5[C@@H]6OC(O)([C@H](O3)[C@@H]6O[C@H]3CCC(CC(=O)O[C@H]6CO[C@H]7C[C@H]8OC(C[C@@H]9O[C@@]%10(CC[C@@H]9O)C[C@H](C)[C@@H]9OC(CC[C@@H](O)CO)C[C@@H]9O%10)CC8OC7C6)O[C@H]53)[C@H]4O)CC2=C)C[C@H]1C. The van der Waals surface area contributed by atoms with Crippen LogP contribution in [0.25, 0.3) is 0 Å². The van der Waals surface area contributed by atoms with Gasteiger partial charge in [0.15, 0.2) is 11.9 Å². The van der Waals surface area contributed by atoms with Gasteiger partial charge in [0.1, 0.15) is 36.6 Å². The highest BCUT2D eigenvalue weighted by molar-refractivity contribution is 5.70. The molecule has 14 rings (SSSR count). The molecule has 29 atom stereocenters. The zero-order chi connectivity index (χ0) is 54.7. The van der Waals surface area contributed by atoms with Crippen molar-refractivity contribution in [1.82, 2.24) is 0 Å². The van der Waals surface area contributed by atoms with Crippen LogP contribution < -0.4 is 0 Å². The molecule has 14 fully saturated rings. The molecule has 1 spiro atoms. The molecule has 0 aromatic carbocycles. The van der Waals surface area contributed by atoms with E-state index in [1.54, 1.807) is 0 Å². The van der Waals surface area contributed by atoms with E-state index in [1.165, 1.54) is 5.57 Å². The Kier molecular flexibility index (Phi) is 15.9. The number of rotatable bonds is 16. The Balaban J connectivity index is 0.576. The Hall–Kier alpha value is -1.77. The van der Waals surface area contributed by atoms with Gasteiger partial charge in [-0.3, -0.25) is 4.79 Å². The molecule has 0 aromatic heterocycles. The molecule has 0 aromatic rings. The summed E-state index contributed by atoms with van der Waals surface area (Å²) in [6.45, 7) is 15.1. The van der Waals surface area contributed by atoms with Crippen LogP contribution in [-0.2, 0) is 71.1 Å². The number of carbonyl (C=O) groups excluding carboxylic acids is 1. The van der Waals surface area contributed by atoms with Gasteiger partial charge in [-0.25, -0.2) is 0 Å². The van der Waals surface area contributed by atoms with Gasteiger partial charge in [0, 0.05) is 51.4 Å². The fourth-order valence-electron chi connectivity index (χ4n) is 16.5. The molecule has 14 saturated heterocycles. The van der Waals surface area contributed by atoms with E-state index in [-0.39, 0.29) is 105 Å². The van der Waals surface area contributed by atoms with Gasteiger partial charge < -0.3 is 91.8 Å². The normalized spacial score (nSPS) is 52.9. The maximum absolute atomic E-state index is 13.7. The molecule has 20 nitrogen and oxygen atoms in total. The van der Waals surface area contributed by atoms with E-state index >= 15 is 0 Å². The molecule has 79 heavy (non-hydrogen) atoms. The largest absolute Gasteiger partial charge is 0.460 e. The van der Waals surface area contributed by atoms with Gasteiger partial charge in [-0.15, -0.1) is 0 Å². The Morgan fingerprint density at radius 3 is 2.32 bits per heavy atom. The smallest absolute Gasteiger partial charge is 0.308 e. The van der Waals surface area contributed by atoms with Crippen molar-refractivity contribution >= 4 is 5.97 Å². The van der Waals surface area contributed by atoms with Crippen LogP contribution >= 0.6 is 0 Å². The number of esters is 1. The highest BCUT2D eigenvalue weighted by atomic mass is 16.8. The molecule has 14 aliphatic rings. The van der Waals surface area contributed by atoms with Gasteiger partial charge in [-0.1, -0.05) is 33.9 Å². The van der Waals surface area contributed by atoms with Crippen LogP contribution in [0.2, 0.25) is 0 Å². The molecular formula is C59H88O20. The van der Waals surface area contributed by atoms with Crippen LogP contribution in [-0.4, -0.2) is 209 Å². The Morgan fingerprint density at radius 2 is 1.48 bits per heavy atom. The second kappa shape index (κ2) is 22.3. The van der Waals surface area contributed by atoms with Crippen LogP contribution in [0.5, 0.6) is 0 Å². The maximum Gasteiger partial charge on any atom is 0.308 e. The molecule has 0 aliphatic carbocycles. The number of aliphatic hydroxyl groups excluding tert-OH is 4. The second-order valence-electron chi connectivity index (χ2n) is 26.2. The van der Waals surface area contributed by atoms with Crippen molar-refractivity contribution in [3.8, 4) is 0 Å². The highest BCUT2D eigenvalue weighted by Crippen LogP contribution is 2.58. The minimum Gasteiger partial charge on any atom is -0.460 e. The fourth-order valence-corrected chi connectivity index (χ4v) is 16.5. The second-order valence-corrected chi connectivity index (χ2v) is 26.2. The molecule has 0 amide bonds. The molecule has 6 bridgehead atoms. The third-order valence-corrected chi connectivity index (χ3v) is 20.7. The fraction of sp³-hybridized carbons (Fsp3) is 0.915. The van der Waals surface area contributed by atoms with E-state index in [4.69, 9.17) is 66.3 Å². The maximum atomic E-state index is 13.7. The lowest BCUT2D eigenvalue weighted by atomic mass is 9.83. The molecule has 14 aliphatic heterocycles. The molecular weight excluding hydrogens is 1030 g/mol. The molecule has 14 heterocycles. The summed E-state index contributed by atoms with van der Waals surface area (Å²) in [5.74, 6) is -4.26. The first-order valence-corrected chi connectivity index (χ1v) is 30.5. The van der Waals surface area contributed by atoms with Gasteiger partial charge in [0.2, 0.25) is 11.6 Å². The summed E-state index contributed by atoms with van der Waals surface area (Å²) in [4.78, 5) is 13.7. The number of aliphatic hydroxyl groups is 5. The Labute approximate surface area is 463 Å². The van der Waals surface area contributed by atoms with E-state index in [2.05, 4.69) is 33.9 Å². The first-order valence-electron chi connectivity index (χ1n) is 30.5. The lowest BCUT2D eigenvalue weighted by molar-refractivity contribution is -0.346. The summed E-state index contributed by atoms with van der Waals surface area (Å²) in [7, 11) is 0. The number of fused-ring (bicyclic) bond motifs is 4. The van der Waals surface area contributed by atoms with Crippen LogP contribution in [0.1, 0.15) is 149 Å². The van der Waals surface area contributed by atoms with Crippen LogP contribution in [0.3, 0.4) is 0 Å². The molecule has 5 N–H and O–H groups in total. The lowest BCUT2D eigenvalue weighted by Gasteiger charge is -2.50. The van der Waals surface area contributed by atoms with E-state index in [0.717, 1.165) is 31.3 Å². The van der Waals surface area contributed by atoms with E-state index in [0.29, 0.717) is 95.8 Å². The van der Waals surface area contributed by atoms with Crippen LogP contribution in [0.4, 0.5) is 0 Å². The first-order chi connectivity index (χ1) is 38.0. The van der Waals surface area contributed by atoms with Crippen LogP contribution in [0.15, 0.2) is 24.3 Å². The van der Waals surface area contributed by atoms with Crippen molar-refractivity contribution in [3.05, 3.63) is 24.3 Å². The van der Waals surface area contributed by atoms with Crippen molar-refractivity contribution in [1.29, 1.82) is 0 Å². The summed E-state index contributed by atoms with van der Waals surface area (Å²) in [6.07, 6.45) is 1.99. The summed E-state index contributed by atoms with van der Waals surface area (Å²) < 4.78 is 91.4. The van der Waals surface area contributed by atoms with Crippen molar-refractivity contribution in [2.75, 3.05) is 13.2 Å².